The highest BCUT2D eigenvalue weighted by Gasteiger charge is 2.33. The molecule has 1 saturated heterocycles. The van der Waals surface area contributed by atoms with Gasteiger partial charge in [0.2, 0.25) is 0 Å². The highest BCUT2D eigenvalue weighted by molar-refractivity contribution is 5.92. The summed E-state index contributed by atoms with van der Waals surface area (Å²) in [6, 6.07) is 10.6. The second-order valence-electron chi connectivity index (χ2n) is 8.20. The van der Waals surface area contributed by atoms with Crippen LogP contribution in [0.2, 0.25) is 0 Å². The Morgan fingerprint density at radius 3 is 2.67 bits per heavy atom. The van der Waals surface area contributed by atoms with Crippen molar-refractivity contribution in [3.63, 3.8) is 0 Å². The summed E-state index contributed by atoms with van der Waals surface area (Å²) in [5.74, 6) is 1.60. The van der Waals surface area contributed by atoms with Crippen molar-refractivity contribution in [3.8, 4) is 0 Å². The minimum Gasteiger partial charge on any atom is -0.378 e. The number of nitrogens with zero attached hydrogens (tertiary/aromatic N) is 3. The van der Waals surface area contributed by atoms with Gasteiger partial charge in [-0.2, -0.15) is 0 Å². The van der Waals surface area contributed by atoms with E-state index in [2.05, 4.69) is 51.5 Å². The number of benzene rings is 1. The largest absolute Gasteiger partial charge is 0.378 e. The van der Waals surface area contributed by atoms with Gasteiger partial charge in [-0.15, -0.1) is 0 Å². The standard InChI is InChI=1S/C21H28N4O2/c1-14-11-25(12-15-4-8-17(9-5-15)24(2)3)13-19(14)22-21(26)18-10-20(27-23-18)16-6-7-16/h4-5,8-10,14,16,19H,6-7,11-13H2,1-3H3,(H,22,26)/t14-,19+/m0/s1. The Bertz CT molecular complexity index is 795. The monoisotopic (exact) mass is 368 g/mol. The molecule has 0 bridgehead atoms. The molecule has 4 rings (SSSR count). The van der Waals surface area contributed by atoms with Crippen LogP contribution in [-0.2, 0) is 6.54 Å². The lowest BCUT2D eigenvalue weighted by Crippen LogP contribution is -2.39. The first kappa shape index (κ1) is 18.0. The highest BCUT2D eigenvalue weighted by atomic mass is 16.5. The average Bonchev–Trinajstić information content (AvgIpc) is 3.27. The molecule has 2 atom stereocenters. The predicted molar refractivity (Wildman–Crippen MR) is 105 cm³/mol. The van der Waals surface area contributed by atoms with Crippen LogP contribution in [0.25, 0.3) is 0 Å². The molecule has 0 radical (unpaired) electrons. The molecule has 1 aliphatic heterocycles. The fourth-order valence-electron chi connectivity index (χ4n) is 3.74. The maximum atomic E-state index is 12.5. The molecular formula is C21H28N4O2. The summed E-state index contributed by atoms with van der Waals surface area (Å²) >= 11 is 0. The third-order valence-electron chi connectivity index (χ3n) is 5.60. The molecule has 6 nitrogen and oxygen atoms in total. The van der Waals surface area contributed by atoms with E-state index in [1.807, 2.05) is 14.1 Å². The lowest BCUT2D eigenvalue weighted by atomic mass is 10.1. The van der Waals surface area contributed by atoms with E-state index in [1.54, 1.807) is 6.07 Å². The smallest absolute Gasteiger partial charge is 0.273 e. The van der Waals surface area contributed by atoms with Gasteiger partial charge in [0, 0.05) is 57.4 Å². The summed E-state index contributed by atoms with van der Waals surface area (Å²) in [6.45, 7) is 4.93. The van der Waals surface area contributed by atoms with E-state index in [0.29, 0.717) is 17.5 Å². The van der Waals surface area contributed by atoms with Crippen LogP contribution in [0.15, 0.2) is 34.9 Å². The fourth-order valence-corrected chi connectivity index (χ4v) is 3.74. The number of carbonyl (C=O) groups is 1. The highest BCUT2D eigenvalue weighted by Crippen LogP contribution is 2.40. The summed E-state index contributed by atoms with van der Waals surface area (Å²) in [5, 5.41) is 7.10. The first-order valence-electron chi connectivity index (χ1n) is 9.75. The van der Waals surface area contributed by atoms with Gasteiger partial charge >= 0.3 is 0 Å². The molecule has 27 heavy (non-hydrogen) atoms. The molecule has 0 unspecified atom stereocenters. The number of rotatable bonds is 6. The van der Waals surface area contributed by atoms with E-state index in [9.17, 15) is 4.79 Å². The molecule has 2 aromatic rings. The molecule has 2 fully saturated rings. The van der Waals surface area contributed by atoms with Crippen LogP contribution in [0, 0.1) is 5.92 Å². The zero-order chi connectivity index (χ0) is 19.0. The first-order valence-corrected chi connectivity index (χ1v) is 9.75. The number of anilines is 1. The Kier molecular flexibility index (Phi) is 4.91. The quantitative estimate of drug-likeness (QED) is 0.850. The van der Waals surface area contributed by atoms with Crippen LogP contribution in [0.3, 0.4) is 0 Å². The predicted octanol–water partition coefficient (Wildman–Crippen LogP) is 2.87. The van der Waals surface area contributed by atoms with Gasteiger partial charge in [0.15, 0.2) is 5.69 Å². The van der Waals surface area contributed by atoms with Gasteiger partial charge in [0.05, 0.1) is 0 Å². The molecule has 1 aromatic carbocycles. The van der Waals surface area contributed by atoms with E-state index in [1.165, 1.54) is 11.3 Å². The normalized spacial score (nSPS) is 22.8. The van der Waals surface area contributed by atoms with Crippen molar-refractivity contribution < 1.29 is 9.32 Å². The van der Waals surface area contributed by atoms with E-state index < -0.39 is 0 Å². The maximum Gasteiger partial charge on any atom is 0.273 e. The third kappa shape index (κ3) is 4.16. The Morgan fingerprint density at radius 2 is 2.00 bits per heavy atom. The van der Waals surface area contributed by atoms with Crippen molar-refractivity contribution in [2.45, 2.75) is 38.3 Å². The van der Waals surface area contributed by atoms with Crippen molar-refractivity contribution in [2.24, 2.45) is 5.92 Å². The molecule has 2 aliphatic rings. The number of hydrogen-bond acceptors (Lipinski definition) is 5. The van der Waals surface area contributed by atoms with Crippen LogP contribution >= 0.6 is 0 Å². The molecule has 0 spiro atoms. The van der Waals surface area contributed by atoms with E-state index in [4.69, 9.17) is 4.52 Å². The zero-order valence-corrected chi connectivity index (χ0v) is 16.3. The average molecular weight is 368 g/mol. The second-order valence-corrected chi connectivity index (χ2v) is 8.20. The van der Waals surface area contributed by atoms with Crippen LogP contribution in [0.4, 0.5) is 5.69 Å². The van der Waals surface area contributed by atoms with E-state index >= 15 is 0 Å². The van der Waals surface area contributed by atoms with Crippen molar-refractivity contribution in [3.05, 3.63) is 47.3 Å². The molecule has 144 valence electrons. The number of amides is 1. The minimum absolute atomic E-state index is 0.125. The summed E-state index contributed by atoms with van der Waals surface area (Å²) in [7, 11) is 4.10. The maximum absolute atomic E-state index is 12.5. The molecular weight excluding hydrogens is 340 g/mol. The van der Waals surface area contributed by atoms with E-state index in [-0.39, 0.29) is 11.9 Å². The molecule has 1 aliphatic carbocycles. The van der Waals surface area contributed by atoms with Gasteiger partial charge < -0.3 is 14.7 Å². The minimum atomic E-state index is -0.125. The molecule has 1 saturated carbocycles. The lowest BCUT2D eigenvalue weighted by Gasteiger charge is -2.18. The van der Waals surface area contributed by atoms with Gasteiger partial charge in [0.1, 0.15) is 5.76 Å². The van der Waals surface area contributed by atoms with Gasteiger partial charge in [-0.3, -0.25) is 9.69 Å². The van der Waals surface area contributed by atoms with Crippen molar-refractivity contribution in [1.82, 2.24) is 15.4 Å². The first-order chi connectivity index (χ1) is 13.0. The van der Waals surface area contributed by atoms with Crippen LogP contribution in [-0.4, -0.2) is 49.2 Å². The van der Waals surface area contributed by atoms with Crippen molar-refractivity contribution in [2.75, 3.05) is 32.1 Å². The third-order valence-corrected chi connectivity index (χ3v) is 5.60. The summed E-state index contributed by atoms with van der Waals surface area (Å²) in [6.07, 6.45) is 2.28. The lowest BCUT2D eigenvalue weighted by molar-refractivity contribution is 0.0922. The molecule has 1 N–H and O–H groups in total. The van der Waals surface area contributed by atoms with Gasteiger partial charge in [-0.1, -0.05) is 24.2 Å². The molecule has 1 amide bonds. The Balaban J connectivity index is 1.32. The van der Waals surface area contributed by atoms with Crippen molar-refractivity contribution >= 4 is 11.6 Å². The van der Waals surface area contributed by atoms with E-state index in [0.717, 1.165) is 38.2 Å². The molecule has 6 heteroatoms. The fraction of sp³-hybridized carbons (Fsp3) is 0.524. The van der Waals surface area contributed by atoms with Gasteiger partial charge in [-0.05, 0) is 36.5 Å². The summed E-state index contributed by atoms with van der Waals surface area (Å²) < 4.78 is 5.30. The zero-order valence-electron chi connectivity index (χ0n) is 16.3. The Labute approximate surface area is 160 Å². The number of hydrogen-bond donors (Lipinski definition) is 1. The van der Waals surface area contributed by atoms with Crippen molar-refractivity contribution in [1.29, 1.82) is 0 Å². The number of likely N-dealkylation sites (tertiary alicyclic amines) is 1. The van der Waals surface area contributed by atoms with Gasteiger partial charge in [0.25, 0.3) is 5.91 Å². The van der Waals surface area contributed by atoms with Crippen LogP contribution < -0.4 is 10.2 Å². The molecule has 2 heterocycles. The number of carbonyl (C=O) groups excluding carboxylic acids is 1. The number of aromatic nitrogens is 1. The molecule has 1 aromatic heterocycles. The number of nitrogens with one attached hydrogen (secondary N) is 1. The van der Waals surface area contributed by atoms with Crippen LogP contribution in [0.5, 0.6) is 0 Å². The van der Waals surface area contributed by atoms with Gasteiger partial charge in [-0.25, -0.2) is 0 Å². The summed E-state index contributed by atoms with van der Waals surface area (Å²) in [5.41, 5.74) is 2.91. The second kappa shape index (κ2) is 7.35. The van der Waals surface area contributed by atoms with Crippen LogP contribution in [0.1, 0.15) is 47.5 Å². The topological polar surface area (TPSA) is 61.6 Å². The Morgan fingerprint density at radius 1 is 1.26 bits per heavy atom. The Hall–Kier alpha value is -2.34. The summed E-state index contributed by atoms with van der Waals surface area (Å²) in [4.78, 5) is 17.0. The SMILES string of the molecule is C[C@H]1CN(Cc2ccc(N(C)C)cc2)C[C@H]1NC(=O)c1cc(C2CC2)on1.